The molecule has 2 aromatic carbocycles. The summed E-state index contributed by atoms with van der Waals surface area (Å²) in [5.74, 6) is -1.08. The Morgan fingerprint density at radius 1 is 1.03 bits per heavy atom. The van der Waals surface area contributed by atoms with Crippen LogP contribution in [0.3, 0.4) is 0 Å². The van der Waals surface area contributed by atoms with Gasteiger partial charge in [0.05, 0.1) is 23.4 Å². The monoisotopic (exact) mass is 391 g/mol. The highest BCUT2D eigenvalue weighted by Crippen LogP contribution is 2.21. The van der Waals surface area contributed by atoms with Gasteiger partial charge in [-0.3, -0.25) is 14.6 Å². The van der Waals surface area contributed by atoms with Crippen molar-refractivity contribution >= 4 is 40.1 Å². The van der Waals surface area contributed by atoms with Crippen LogP contribution in [0, 0.1) is 0 Å². The minimum Gasteiger partial charge on any atom is -0.462 e. The number of carbonyl (C=O) groups is 3. The first-order chi connectivity index (χ1) is 14.0. The minimum atomic E-state index is -0.436. The highest BCUT2D eigenvalue weighted by Gasteiger charge is 2.17. The molecule has 7 heteroatoms. The number of benzene rings is 2. The van der Waals surface area contributed by atoms with Crippen molar-refractivity contribution < 1.29 is 19.1 Å². The van der Waals surface area contributed by atoms with Gasteiger partial charge in [0.15, 0.2) is 0 Å². The topological polar surface area (TPSA) is 88.6 Å². The van der Waals surface area contributed by atoms with Crippen LogP contribution >= 0.6 is 0 Å². The lowest BCUT2D eigenvalue weighted by atomic mass is 10.2. The van der Waals surface area contributed by atoms with Crippen molar-refractivity contribution in [3.63, 3.8) is 0 Å². The molecule has 1 N–H and O–H groups in total. The molecular formula is C22H21N3O4. The van der Waals surface area contributed by atoms with Crippen molar-refractivity contribution in [3.05, 3.63) is 66.4 Å². The van der Waals surface area contributed by atoms with Crippen LogP contribution in [-0.2, 0) is 14.3 Å². The van der Waals surface area contributed by atoms with Crippen LogP contribution in [0.1, 0.15) is 24.2 Å². The van der Waals surface area contributed by atoms with Gasteiger partial charge in [0.2, 0.25) is 11.8 Å². The highest BCUT2D eigenvalue weighted by molar-refractivity contribution is 6.05. The van der Waals surface area contributed by atoms with Gasteiger partial charge in [-0.2, -0.15) is 0 Å². The smallest absolute Gasteiger partial charge is 0.338 e. The van der Waals surface area contributed by atoms with Crippen LogP contribution in [0.25, 0.3) is 10.9 Å². The molecular weight excluding hydrogens is 370 g/mol. The maximum atomic E-state index is 12.6. The minimum absolute atomic E-state index is 0.169. The van der Waals surface area contributed by atoms with E-state index in [2.05, 4.69) is 10.3 Å². The molecule has 7 nitrogen and oxygen atoms in total. The quantitative estimate of drug-likeness (QED) is 0.651. The zero-order chi connectivity index (χ0) is 20.8. The summed E-state index contributed by atoms with van der Waals surface area (Å²) < 4.78 is 4.95. The third-order valence-electron chi connectivity index (χ3n) is 4.28. The Hall–Kier alpha value is -3.74. The number of nitrogens with one attached hydrogen (secondary N) is 1. The normalized spacial score (nSPS) is 10.4. The van der Waals surface area contributed by atoms with Crippen molar-refractivity contribution in [3.8, 4) is 0 Å². The van der Waals surface area contributed by atoms with E-state index in [0.717, 1.165) is 5.39 Å². The Balaban J connectivity index is 1.75. The lowest BCUT2D eigenvalue weighted by Crippen LogP contribution is -2.36. The van der Waals surface area contributed by atoms with E-state index in [-0.39, 0.29) is 25.0 Å². The predicted molar refractivity (Wildman–Crippen MR) is 111 cm³/mol. The Labute approximate surface area is 168 Å². The molecule has 0 radical (unpaired) electrons. The average Bonchev–Trinajstić information content (AvgIpc) is 2.72. The van der Waals surface area contributed by atoms with Gasteiger partial charge < -0.3 is 15.0 Å². The molecule has 0 aliphatic carbocycles. The molecule has 0 fully saturated rings. The number of amides is 2. The highest BCUT2D eigenvalue weighted by atomic mass is 16.5. The number of esters is 1. The van der Waals surface area contributed by atoms with E-state index in [1.165, 1.54) is 11.8 Å². The summed E-state index contributed by atoms with van der Waals surface area (Å²) in [7, 11) is 0. The van der Waals surface area contributed by atoms with E-state index < -0.39 is 5.97 Å². The van der Waals surface area contributed by atoms with Crippen molar-refractivity contribution in [2.24, 2.45) is 0 Å². The first-order valence-corrected chi connectivity index (χ1v) is 9.18. The lowest BCUT2D eigenvalue weighted by Gasteiger charge is -2.21. The molecule has 0 bridgehead atoms. The van der Waals surface area contributed by atoms with E-state index in [1.807, 2.05) is 24.3 Å². The van der Waals surface area contributed by atoms with Crippen molar-refractivity contribution in [2.75, 3.05) is 23.4 Å². The Bertz CT molecular complexity index is 1040. The summed E-state index contributed by atoms with van der Waals surface area (Å²) in [6.07, 6.45) is 1.66. The van der Waals surface area contributed by atoms with Crippen LogP contribution in [0.5, 0.6) is 0 Å². The molecule has 0 unspecified atom stereocenters. The Kier molecular flexibility index (Phi) is 6.19. The van der Waals surface area contributed by atoms with Crippen molar-refractivity contribution in [1.29, 1.82) is 0 Å². The van der Waals surface area contributed by atoms with Gasteiger partial charge in [-0.1, -0.05) is 18.2 Å². The predicted octanol–water partition coefficient (Wildman–Crippen LogP) is 3.40. The fourth-order valence-electron chi connectivity index (χ4n) is 2.91. The number of rotatable bonds is 6. The lowest BCUT2D eigenvalue weighted by molar-refractivity contribution is -0.120. The molecule has 0 saturated heterocycles. The van der Waals surface area contributed by atoms with Gasteiger partial charge in [0, 0.05) is 24.2 Å². The fourth-order valence-corrected chi connectivity index (χ4v) is 2.91. The van der Waals surface area contributed by atoms with Gasteiger partial charge in [-0.15, -0.1) is 0 Å². The summed E-state index contributed by atoms with van der Waals surface area (Å²) in [5, 5.41) is 3.72. The number of aromatic nitrogens is 1. The first-order valence-electron chi connectivity index (χ1n) is 9.18. The third-order valence-corrected chi connectivity index (χ3v) is 4.28. The Morgan fingerprint density at radius 3 is 2.45 bits per heavy atom. The molecule has 1 aromatic heterocycles. The third kappa shape index (κ3) is 4.76. The standard InChI is InChI=1S/C22H21N3O4/c1-3-29-22(28)17-9-11-18(12-10-17)25(15(2)26)14-20(27)24-19-8-4-6-16-7-5-13-23-21(16)19/h4-13H,3,14H2,1-2H3,(H,24,27). The van der Waals surface area contributed by atoms with Crippen LogP contribution in [0.2, 0.25) is 0 Å². The molecule has 0 atom stereocenters. The second kappa shape index (κ2) is 8.97. The summed E-state index contributed by atoms with van der Waals surface area (Å²) in [6.45, 7) is 3.22. The summed E-state index contributed by atoms with van der Waals surface area (Å²) in [4.78, 5) is 42.1. The number of hydrogen-bond acceptors (Lipinski definition) is 5. The van der Waals surface area contributed by atoms with Gasteiger partial charge in [-0.25, -0.2) is 4.79 Å². The van der Waals surface area contributed by atoms with Gasteiger partial charge in [0.1, 0.15) is 6.54 Å². The second-order valence-electron chi connectivity index (χ2n) is 6.30. The van der Waals surface area contributed by atoms with Crippen molar-refractivity contribution in [2.45, 2.75) is 13.8 Å². The number of anilines is 2. The molecule has 3 aromatic rings. The first kappa shape index (κ1) is 20.0. The van der Waals surface area contributed by atoms with Crippen LogP contribution in [0.4, 0.5) is 11.4 Å². The number of carbonyl (C=O) groups excluding carboxylic acids is 3. The van der Waals surface area contributed by atoms with Crippen LogP contribution in [-0.4, -0.2) is 35.9 Å². The zero-order valence-electron chi connectivity index (χ0n) is 16.2. The number of pyridine rings is 1. The van der Waals surface area contributed by atoms with E-state index in [4.69, 9.17) is 4.74 Å². The molecule has 0 spiro atoms. The average molecular weight is 391 g/mol. The molecule has 3 rings (SSSR count). The molecule has 29 heavy (non-hydrogen) atoms. The second-order valence-corrected chi connectivity index (χ2v) is 6.30. The maximum absolute atomic E-state index is 12.6. The van der Waals surface area contributed by atoms with Gasteiger partial charge >= 0.3 is 5.97 Å². The number of hydrogen-bond donors (Lipinski definition) is 1. The fraction of sp³-hybridized carbons (Fsp3) is 0.182. The van der Waals surface area contributed by atoms with Gasteiger partial charge in [0.25, 0.3) is 0 Å². The molecule has 2 amide bonds. The number of nitrogens with zero attached hydrogens (tertiary/aromatic N) is 2. The maximum Gasteiger partial charge on any atom is 0.338 e. The summed E-state index contributed by atoms with van der Waals surface area (Å²) >= 11 is 0. The molecule has 148 valence electrons. The number of fused-ring (bicyclic) bond motifs is 1. The molecule has 0 aliphatic heterocycles. The molecule has 0 aliphatic rings. The zero-order valence-corrected chi connectivity index (χ0v) is 16.2. The van der Waals surface area contributed by atoms with E-state index in [0.29, 0.717) is 22.5 Å². The molecule has 0 saturated carbocycles. The Morgan fingerprint density at radius 2 is 1.76 bits per heavy atom. The van der Waals surface area contributed by atoms with Crippen LogP contribution in [0.15, 0.2) is 60.8 Å². The van der Waals surface area contributed by atoms with E-state index in [9.17, 15) is 14.4 Å². The van der Waals surface area contributed by atoms with Crippen LogP contribution < -0.4 is 10.2 Å². The SMILES string of the molecule is CCOC(=O)c1ccc(N(CC(=O)Nc2cccc3cccnc23)C(C)=O)cc1. The van der Waals surface area contributed by atoms with E-state index >= 15 is 0 Å². The molecule has 1 heterocycles. The summed E-state index contributed by atoms with van der Waals surface area (Å²) in [6, 6.07) is 15.6. The van der Waals surface area contributed by atoms with Crippen molar-refractivity contribution in [1.82, 2.24) is 4.98 Å². The number of ether oxygens (including phenoxy) is 1. The largest absolute Gasteiger partial charge is 0.462 e. The van der Waals surface area contributed by atoms with Gasteiger partial charge in [-0.05, 0) is 43.3 Å². The van der Waals surface area contributed by atoms with E-state index in [1.54, 1.807) is 43.5 Å². The summed E-state index contributed by atoms with van der Waals surface area (Å²) in [5.41, 5.74) is 2.15. The number of para-hydroxylation sites is 1.